The van der Waals surface area contributed by atoms with E-state index in [1.807, 2.05) is 0 Å². The average molecular weight is 381 g/mol. The summed E-state index contributed by atoms with van der Waals surface area (Å²) < 4.78 is 33.0. The molecule has 1 aromatic carbocycles. The molecule has 0 aliphatic rings. The molecule has 2 nitrogen and oxygen atoms in total. The van der Waals surface area contributed by atoms with E-state index in [-0.39, 0.29) is 6.54 Å². The second-order valence-corrected chi connectivity index (χ2v) is 5.25. The van der Waals surface area contributed by atoms with Gasteiger partial charge in [0.15, 0.2) is 4.67 Å². The Balaban J connectivity index is 1.94. The second kappa shape index (κ2) is 5.95. The summed E-state index contributed by atoms with van der Waals surface area (Å²) in [6.07, 6.45) is 0. The smallest absolute Gasteiger partial charge is 0.183 e. The third-order valence-electron chi connectivity index (χ3n) is 2.32. The van der Waals surface area contributed by atoms with Gasteiger partial charge in [-0.05, 0) is 56.1 Å². The summed E-state index contributed by atoms with van der Waals surface area (Å²) in [7, 11) is 0. The molecule has 0 radical (unpaired) electrons. The van der Waals surface area contributed by atoms with Gasteiger partial charge in [0.1, 0.15) is 17.4 Å². The summed E-state index contributed by atoms with van der Waals surface area (Å²) in [5.41, 5.74) is 0.291. The number of hydrogen-bond acceptors (Lipinski definition) is 2. The monoisotopic (exact) mass is 379 g/mol. The molecule has 0 amide bonds. The lowest BCUT2D eigenvalue weighted by Gasteiger charge is -2.04. The van der Waals surface area contributed by atoms with Crippen LogP contribution < -0.4 is 5.32 Å². The number of nitrogens with one attached hydrogen (secondary N) is 1. The molecule has 0 atom stereocenters. The quantitative estimate of drug-likeness (QED) is 0.851. The Bertz CT molecular complexity index is 538. The van der Waals surface area contributed by atoms with E-state index >= 15 is 0 Å². The topological polar surface area (TPSA) is 25.2 Å². The maximum atomic E-state index is 13.3. The number of furan rings is 1. The molecule has 1 aromatic heterocycles. The summed E-state index contributed by atoms with van der Waals surface area (Å²) in [6.45, 7) is 0.666. The highest BCUT2D eigenvalue weighted by molar-refractivity contribution is 9.13. The van der Waals surface area contributed by atoms with Crippen LogP contribution in [0.2, 0.25) is 0 Å². The van der Waals surface area contributed by atoms with E-state index in [0.717, 1.165) is 16.6 Å². The maximum absolute atomic E-state index is 13.3. The number of rotatable bonds is 4. The normalized spacial score (nSPS) is 10.9. The lowest BCUT2D eigenvalue weighted by atomic mass is 10.2. The highest BCUT2D eigenvalue weighted by Gasteiger charge is 2.07. The molecule has 0 saturated heterocycles. The highest BCUT2D eigenvalue weighted by atomic mass is 79.9. The van der Waals surface area contributed by atoms with E-state index in [4.69, 9.17) is 4.42 Å². The van der Waals surface area contributed by atoms with Gasteiger partial charge in [0.2, 0.25) is 0 Å². The Morgan fingerprint density at radius 1 is 1.11 bits per heavy atom. The summed E-state index contributed by atoms with van der Waals surface area (Å²) in [6, 6.07) is 5.20. The van der Waals surface area contributed by atoms with Crippen LogP contribution in [0.4, 0.5) is 8.78 Å². The van der Waals surface area contributed by atoms with E-state index < -0.39 is 11.6 Å². The van der Waals surface area contributed by atoms with Crippen molar-refractivity contribution < 1.29 is 13.2 Å². The van der Waals surface area contributed by atoms with Crippen molar-refractivity contribution in [3.63, 3.8) is 0 Å². The molecule has 2 rings (SSSR count). The van der Waals surface area contributed by atoms with Gasteiger partial charge in [-0.3, -0.25) is 0 Å². The van der Waals surface area contributed by atoms with Gasteiger partial charge in [0, 0.05) is 12.1 Å². The predicted octanol–water partition coefficient (Wildman–Crippen LogP) is 4.37. The largest absolute Gasteiger partial charge is 0.452 e. The van der Waals surface area contributed by atoms with Gasteiger partial charge >= 0.3 is 0 Å². The molecule has 0 unspecified atom stereocenters. The van der Waals surface area contributed by atoms with Crippen LogP contribution in [0.15, 0.2) is 37.8 Å². The van der Waals surface area contributed by atoms with Crippen LogP contribution in [0.3, 0.4) is 0 Å². The van der Waals surface area contributed by atoms with Crippen LogP contribution in [0.25, 0.3) is 0 Å². The molecular formula is C12H9Br2F2NO. The predicted molar refractivity (Wildman–Crippen MR) is 71.0 cm³/mol. The molecule has 0 bridgehead atoms. The van der Waals surface area contributed by atoms with Gasteiger partial charge in [-0.1, -0.05) is 0 Å². The van der Waals surface area contributed by atoms with Crippen molar-refractivity contribution in [2.24, 2.45) is 0 Å². The van der Waals surface area contributed by atoms with Gasteiger partial charge < -0.3 is 9.73 Å². The van der Waals surface area contributed by atoms with Crippen molar-refractivity contribution in [3.05, 3.63) is 56.4 Å². The number of hydrogen-bond donors (Lipinski definition) is 1. The molecule has 18 heavy (non-hydrogen) atoms. The molecule has 1 N–H and O–H groups in total. The third kappa shape index (κ3) is 3.40. The first-order valence-corrected chi connectivity index (χ1v) is 6.73. The fraction of sp³-hybridized carbons (Fsp3) is 0.167. The molecule has 96 valence electrons. The van der Waals surface area contributed by atoms with Gasteiger partial charge in [-0.25, -0.2) is 8.78 Å². The zero-order chi connectivity index (χ0) is 13.1. The lowest BCUT2D eigenvalue weighted by Crippen LogP contribution is -2.13. The van der Waals surface area contributed by atoms with Crippen LogP contribution in [0.5, 0.6) is 0 Å². The van der Waals surface area contributed by atoms with Gasteiger partial charge in [-0.15, -0.1) is 0 Å². The van der Waals surface area contributed by atoms with Crippen molar-refractivity contribution in [2.45, 2.75) is 13.1 Å². The molecule has 0 fully saturated rings. The third-order valence-corrected chi connectivity index (χ3v) is 4.03. The summed E-state index contributed by atoms with van der Waals surface area (Å²) in [4.78, 5) is 0. The molecule has 6 heteroatoms. The standard InChI is InChI=1S/C12H9Br2F2NO/c13-10-4-9(18-12(10)14)6-17-5-7-3-8(15)1-2-11(7)16/h1-4,17H,5-6H2. The van der Waals surface area contributed by atoms with E-state index in [1.165, 1.54) is 6.07 Å². The van der Waals surface area contributed by atoms with E-state index in [1.54, 1.807) is 6.07 Å². The van der Waals surface area contributed by atoms with E-state index in [9.17, 15) is 8.78 Å². The Morgan fingerprint density at radius 2 is 1.89 bits per heavy atom. The molecular weight excluding hydrogens is 372 g/mol. The molecule has 1 heterocycles. The number of halogens is 4. The Labute approximate surface area is 120 Å². The zero-order valence-corrected chi connectivity index (χ0v) is 12.3. The van der Waals surface area contributed by atoms with Crippen molar-refractivity contribution in [1.29, 1.82) is 0 Å². The molecule has 0 spiro atoms. The lowest BCUT2D eigenvalue weighted by molar-refractivity contribution is 0.461. The minimum atomic E-state index is -0.448. The van der Waals surface area contributed by atoms with Crippen LogP contribution in [0.1, 0.15) is 11.3 Å². The first-order valence-electron chi connectivity index (χ1n) is 5.14. The minimum absolute atomic E-state index is 0.236. The fourth-order valence-electron chi connectivity index (χ4n) is 1.48. The maximum Gasteiger partial charge on any atom is 0.183 e. The first kappa shape index (κ1) is 13.7. The highest BCUT2D eigenvalue weighted by Crippen LogP contribution is 2.26. The van der Waals surface area contributed by atoms with E-state index in [0.29, 0.717) is 22.5 Å². The van der Waals surface area contributed by atoms with Crippen LogP contribution >= 0.6 is 31.9 Å². The van der Waals surface area contributed by atoms with Gasteiger partial charge in [0.25, 0.3) is 0 Å². The SMILES string of the molecule is Fc1ccc(F)c(CNCc2cc(Br)c(Br)o2)c1. The zero-order valence-electron chi connectivity index (χ0n) is 9.14. The van der Waals surface area contributed by atoms with E-state index in [2.05, 4.69) is 37.2 Å². The first-order chi connectivity index (χ1) is 8.56. The Kier molecular flexibility index (Phi) is 4.53. The van der Waals surface area contributed by atoms with Gasteiger partial charge in [0.05, 0.1) is 11.0 Å². The molecule has 2 aromatic rings. The van der Waals surface area contributed by atoms with Gasteiger partial charge in [-0.2, -0.15) is 0 Å². The molecule has 0 aliphatic carbocycles. The minimum Gasteiger partial charge on any atom is -0.452 e. The van der Waals surface area contributed by atoms with Crippen molar-refractivity contribution >= 4 is 31.9 Å². The molecule has 0 aliphatic heterocycles. The fourth-order valence-corrected chi connectivity index (χ4v) is 2.14. The number of benzene rings is 1. The Morgan fingerprint density at radius 3 is 2.56 bits per heavy atom. The summed E-state index contributed by atoms with van der Waals surface area (Å²) in [5.74, 6) is -0.173. The molecule has 0 saturated carbocycles. The van der Waals surface area contributed by atoms with Crippen LogP contribution in [-0.2, 0) is 13.1 Å². The van der Waals surface area contributed by atoms with Crippen LogP contribution in [-0.4, -0.2) is 0 Å². The van der Waals surface area contributed by atoms with Crippen molar-refractivity contribution in [2.75, 3.05) is 0 Å². The van der Waals surface area contributed by atoms with Crippen molar-refractivity contribution in [1.82, 2.24) is 5.32 Å². The summed E-state index contributed by atoms with van der Waals surface area (Å²) >= 11 is 6.52. The average Bonchev–Trinajstić information content (AvgIpc) is 2.63. The second-order valence-electron chi connectivity index (χ2n) is 3.67. The summed E-state index contributed by atoms with van der Waals surface area (Å²) in [5, 5.41) is 2.98. The van der Waals surface area contributed by atoms with Crippen LogP contribution in [0, 0.1) is 11.6 Å². The van der Waals surface area contributed by atoms with Crippen molar-refractivity contribution in [3.8, 4) is 0 Å². The Hall–Kier alpha value is -0.720.